The zero-order valence-electron chi connectivity index (χ0n) is 12.9. The molecule has 6 nitrogen and oxygen atoms in total. The van der Waals surface area contributed by atoms with Crippen molar-refractivity contribution in [1.29, 1.82) is 0 Å². The van der Waals surface area contributed by atoms with Gasteiger partial charge in [0.25, 0.3) is 0 Å². The van der Waals surface area contributed by atoms with Crippen molar-refractivity contribution in [2.75, 3.05) is 31.6 Å². The molecule has 0 bridgehead atoms. The standard InChI is InChI=1S/C15H21N5OS/c1-10-9-22-15(16-10)19-14-7-13(17-11(2)18-14)12-3-4-20(8-12)5-6-21/h7,9,12,21H,3-6,8H2,1-2H3,(H,16,17,18,19). The number of thiazole rings is 1. The third-order valence-corrected chi connectivity index (χ3v) is 4.69. The first-order chi connectivity index (χ1) is 10.6. The van der Waals surface area contributed by atoms with Crippen LogP contribution in [-0.4, -0.2) is 51.2 Å². The topological polar surface area (TPSA) is 74.2 Å². The molecule has 0 aromatic carbocycles. The first-order valence-corrected chi connectivity index (χ1v) is 8.40. The summed E-state index contributed by atoms with van der Waals surface area (Å²) in [5, 5.41) is 15.2. The van der Waals surface area contributed by atoms with E-state index in [-0.39, 0.29) is 6.61 Å². The fourth-order valence-electron chi connectivity index (χ4n) is 2.80. The number of nitrogens with zero attached hydrogens (tertiary/aromatic N) is 4. The highest BCUT2D eigenvalue weighted by molar-refractivity contribution is 7.13. The van der Waals surface area contributed by atoms with Gasteiger partial charge in [-0.15, -0.1) is 11.3 Å². The molecule has 1 saturated heterocycles. The summed E-state index contributed by atoms with van der Waals surface area (Å²) >= 11 is 1.58. The Bertz CT molecular complexity index is 645. The summed E-state index contributed by atoms with van der Waals surface area (Å²) < 4.78 is 0. The molecule has 1 aliphatic heterocycles. The number of hydrogen-bond donors (Lipinski definition) is 2. The minimum absolute atomic E-state index is 0.214. The Kier molecular flexibility index (Phi) is 4.66. The summed E-state index contributed by atoms with van der Waals surface area (Å²) in [6.45, 7) is 6.82. The average molecular weight is 319 g/mol. The van der Waals surface area contributed by atoms with E-state index in [1.807, 2.05) is 25.3 Å². The van der Waals surface area contributed by atoms with Gasteiger partial charge in [-0.2, -0.15) is 0 Å². The lowest BCUT2D eigenvalue weighted by molar-refractivity contribution is 0.220. The van der Waals surface area contributed by atoms with Crippen LogP contribution in [0.25, 0.3) is 0 Å². The van der Waals surface area contributed by atoms with E-state index in [1.165, 1.54) is 0 Å². The van der Waals surface area contributed by atoms with Crippen molar-refractivity contribution in [1.82, 2.24) is 19.9 Å². The van der Waals surface area contributed by atoms with Crippen molar-refractivity contribution >= 4 is 22.3 Å². The summed E-state index contributed by atoms with van der Waals surface area (Å²) in [6.07, 6.45) is 1.08. The smallest absolute Gasteiger partial charge is 0.188 e. The fourth-order valence-corrected chi connectivity index (χ4v) is 3.50. The Labute approximate surface area is 134 Å². The zero-order valence-corrected chi connectivity index (χ0v) is 13.7. The Balaban J connectivity index is 1.75. The maximum absolute atomic E-state index is 9.05. The zero-order chi connectivity index (χ0) is 15.5. The molecule has 3 rings (SSSR count). The summed E-state index contributed by atoms with van der Waals surface area (Å²) in [4.78, 5) is 15.7. The molecule has 0 amide bonds. The van der Waals surface area contributed by atoms with E-state index in [4.69, 9.17) is 5.11 Å². The van der Waals surface area contributed by atoms with Crippen LogP contribution in [0.5, 0.6) is 0 Å². The van der Waals surface area contributed by atoms with Crippen molar-refractivity contribution < 1.29 is 5.11 Å². The second kappa shape index (κ2) is 6.68. The van der Waals surface area contributed by atoms with Gasteiger partial charge in [-0.1, -0.05) is 0 Å². The Morgan fingerprint density at radius 2 is 2.23 bits per heavy atom. The number of aliphatic hydroxyl groups excluding tert-OH is 1. The van der Waals surface area contributed by atoms with Gasteiger partial charge in [0.1, 0.15) is 11.6 Å². The second-order valence-electron chi connectivity index (χ2n) is 5.65. The van der Waals surface area contributed by atoms with Gasteiger partial charge in [-0.3, -0.25) is 0 Å². The summed E-state index contributed by atoms with van der Waals surface area (Å²) in [6, 6.07) is 2.02. The first kappa shape index (κ1) is 15.3. The Morgan fingerprint density at radius 1 is 1.36 bits per heavy atom. The molecule has 0 radical (unpaired) electrons. The number of aryl methyl sites for hydroxylation is 2. The van der Waals surface area contributed by atoms with Crippen LogP contribution < -0.4 is 5.32 Å². The maximum Gasteiger partial charge on any atom is 0.188 e. The first-order valence-electron chi connectivity index (χ1n) is 7.52. The van der Waals surface area contributed by atoms with Gasteiger partial charge >= 0.3 is 0 Å². The quantitative estimate of drug-likeness (QED) is 0.879. The third-order valence-electron chi connectivity index (χ3n) is 3.82. The molecule has 1 fully saturated rings. The summed E-state index contributed by atoms with van der Waals surface area (Å²) in [7, 11) is 0. The predicted octanol–water partition coefficient (Wildman–Crippen LogP) is 2.08. The van der Waals surface area contributed by atoms with Crippen molar-refractivity contribution in [3.8, 4) is 0 Å². The van der Waals surface area contributed by atoms with Gasteiger partial charge in [0.15, 0.2) is 5.13 Å². The molecule has 22 heavy (non-hydrogen) atoms. The molecule has 0 aliphatic carbocycles. The number of rotatable bonds is 5. The van der Waals surface area contributed by atoms with Crippen LogP contribution in [0.3, 0.4) is 0 Å². The van der Waals surface area contributed by atoms with Crippen LogP contribution in [0.1, 0.15) is 29.6 Å². The summed E-state index contributed by atoms with van der Waals surface area (Å²) in [5.41, 5.74) is 2.08. The number of nitrogens with one attached hydrogen (secondary N) is 1. The van der Waals surface area contributed by atoms with Gasteiger partial charge in [0, 0.05) is 30.5 Å². The van der Waals surface area contributed by atoms with Crippen LogP contribution in [0.4, 0.5) is 10.9 Å². The van der Waals surface area contributed by atoms with Crippen LogP contribution in [0.2, 0.25) is 0 Å². The van der Waals surface area contributed by atoms with Gasteiger partial charge in [-0.25, -0.2) is 15.0 Å². The lowest BCUT2D eigenvalue weighted by atomic mass is 10.0. The van der Waals surface area contributed by atoms with E-state index in [2.05, 4.69) is 25.2 Å². The molecule has 1 unspecified atom stereocenters. The van der Waals surface area contributed by atoms with Crippen molar-refractivity contribution in [3.63, 3.8) is 0 Å². The SMILES string of the molecule is Cc1csc(Nc2cc(C3CCN(CCO)C3)nc(C)n2)n1. The minimum atomic E-state index is 0.214. The molecule has 2 aromatic rings. The molecular weight excluding hydrogens is 298 g/mol. The number of likely N-dealkylation sites (tertiary alicyclic amines) is 1. The van der Waals surface area contributed by atoms with Gasteiger partial charge in [-0.05, 0) is 26.8 Å². The largest absolute Gasteiger partial charge is 0.395 e. The number of aromatic nitrogens is 3. The Morgan fingerprint density at radius 3 is 2.95 bits per heavy atom. The van der Waals surface area contributed by atoms with E-state index >= 15 is 0 Å². The molecule has 1 atom stereocenters. The highest BCUT2D eigenvalue weighted by atomic mass is 32.1. The van der Waals surface area contributed by atoms with Gasteiger partial charge in [0.2, 0.25) is 0 Å². The molecule has 3 heterocycles. The molecule has 0 spiro atoms. The summed E-state index contributed by atoms with van der Waals surface area (Å²) in [5.74, 6) is 1.98. The molecule has 0 saturated carbocycles. The highest BCUT2D eigenvalue weighted by Crippen LogP contribution is 2.28. The molecule has 1 aliphatic rings. The van der Waals surface area contributed by atoms with E-state index in [1.54, 1.807) is 11.3 Å². The van der Waals surface area contributed by atoms with Crippen LogP contribution in [-0.2, 0) is 0 Å². The predicted molar refractivity (Wildman–Crippen MR) is 87.8 cm³/mol. The van der Waals surface area contributed by atoms with Crippen molar-refractivity contribution in [2.45, 2.75) is 26.2 Å². The van der Waals surface area contributed by atoms with Crippen molar-refractivity contribution in [3.05, 3.63) is 28.7 Å². The lowest BCUT2D eigenvalue weighted by Gasteiger charge is -2.15. The maximum atomic E-state index is 9.05. The van der Waals surface area contributed by atoms with E-state index in [9.17, 15) is 0 Å². The second-order valence-corrected chi connectivity index (χ2v) is 6.51. The van der Waals surface area contributed by atoms with Crippen LogP contribution in [0, 0.1) is 13.8 Å². The normalized spacial score (nSPS) is 18.8. The monoisotopic (exact) mass is 319 g/mol. The van der Waals surface area contributed by atoms with Crippen LogP contribution in [0.15, 0.2) is 11.4 Å². The van der Waals surface area contributed by atoms with E-state index in [0.717, 1.165) is 54.2 Å². The molecular formula is C15H21N5OS. The molecule has 2 aromatic heterocycles. The Hall–Kier alpha value is -1.57. The average Bonchev–Trinajstić information content (AvgIpc) is 3.08. The molecule has 2 N–H and O–H groups in total. The lowest BCUT2D eigenvalue weighted by Crippen LogP contribution is -2.24. The van der Waals surface area contributed by atoms with Gasteiger partial charge in [0.05, 0.1) is 18.0 Å². The minimum Gasteiger partial charge on any atom is -0.395 e. The highest BCUT2D eigenvalue weighted by Gasteiger charge is 2.25. The van der Waals surface area contributed by atoms with Crippen molar-refractivity contribution in [2.24, 2.45) is 0 Å². The number of β-amino-alcohol motifs (C(OH)–C–C–N with tert-alkyl or cyclic N) is 1. The van der Waals surface area contributed by atoms with Gasteiger partial charge < -0.3 is 15.3 Å². The number of hydrogen-bond acceptors (Lipinski definition) is 7. The fraction of sp³-hybridized carbons (Fsp3) is 0.533. The van der Waals surface area contributed by atoms with E-state index < -0.39 is 0 Å². The number of anilines is 2. The number of aliphatic hydroxyl groups is 1. The molecule has 7 heteroatoms. The van der Waals surface area contributed by atoms with E-state index in [0.29, 0.717) is 5.92 Å². The molecule has 118 valence electrons. The van der Waals surface area contributed by atoms with Crippen LogP contribution >= 0.6 is 11.3 Å². The third kappa shape index (κ3) is 3.60.